The molecular weight excluding hydrogens is 272 g/mol. The molecule has 0 aliphatic heterocycles. The Morgan fingerprint density at radius 3 is 2.84 bits per heavy atom. The predicted octanol–water partition coefficient (Wildman–Crippen LogP) is 2.09. The van der Waals surface area contributed by atoms with Crippen molar-refractivity contribution in [3.8, 4) is 11.6 Å². The standard InChI is InChI=1S/C11H13ClN4O3/c1-3-11(2,10(17)18)6-16-9(13-14-15-16)7-4-5-8(12)19-7/h4-5H,3,6H2,1-2H3,(H,17,18). The summed E-state index contributed by atoms with van der Waals surface area (Å²) in [6.07, 6.45) is 0.459. The molecule has 2 heterocycles. The highest BCUT2D eigenvalue weighted by Crippen LogP contribution is 2.27. The summed E-state index contributed by atoms with van der Waals surface area (Å²) in [5, 5.41) is 20.7. The van der Waals surface area contributed by atoms with E-state index in [0.717, 1.165) is 0 Å². The highest BCUT2D eigenvalue weighted by molar-refractivity contribution is 6.28. The molecule has 0 amide bonds. The lowest BCUT2D eigenvalue weighted by Gasteiger charge is -2.22. The molecule has 0 radical (unpaired) electrons. The lowest BCUT2D eigenvalue weighted by Crippen LogP contribution is -2.32. The molecule has 0 spiro atoms. The number of furan rings is 1. The first-order valence-corrected chi connectivity index (χ1v) is 6.09. The van der Waals surface area contributed by atoms with Crippen LogP contribution in [0, 0.1) is 5.41 Å². The molecule has 0 aliphatic carbocycles. The number of aliphatic carboxylic acids is 1. The molecule has 2 aromatic rings. The van der Waals surface area contributed by atoms with Crippen molar-refractivity contribution in [2.45, 2.75) is 26.8 Å². The summed E-state index contributed by atoms with van der Waals surface area (Å²) in [5.41, 5.74) is -0.944. The van der Waals surface area contributed by atoms with Gasteiger partial charge in [-0.2, -0.15) is 0 Å². The Balaban J connectivity index is 2.33. The largest absolute Gasteiger partial charge is 0.481 e. The molecule has 1 N–H and O–H groups in total. The molecule has 7 nitrogen and oxygen atoms in total. The molecule has 2 rings (SSSR count). The van der Waals surface area contributed by atoms with Crippen molar-refractivity contribution in [1.82, 2.24) is 20.2 Å². The van der Waals surface area contributed by atoms with Gasteiger partial charge in [-0.3, -0.25) is 4.79 Å². The van der Waals surface area contributed by atoms with E-state index in [1.807, 2.05) is 6.92 Å². The molecule has 19 heavy (non-hydrogen) atoms. The van der Waals surface area contributed by atoms with Crippen molar-refractivity contribution in [3.05, 3.63) is 17.4 Å². The molecule has 0 saturated carbocycles. The van der Waals surface area contributed by atoms with Crippen molar-refractivity contribution < 1.29 is 14.3 Å². The molecule has 0 fully saturated rings. The summed E-state index contributed by atoms with van der Waals surface area (Å²) >= 11 is 5.70. The van der Waals surface area contributed by atoms with Gasteiger partial charge in [0, 0.05) is 0 Å². The van der Waals surface area contributed by atoms with Crippen LogP contribution >= 0.6 is 11.6 Å². The maximum Gasteiger partial charge on any atom is 0.311 e. The Bertz CT molecular complexity index is 594. The molecule has 1 atom stereocenters. The monoisotopic (exact) mass is 284 g/mol. The number of carbonyl (C=O) groups is 1. The number of carboxylic acids is 1. The number of aromatic nitrogens is 4. The molecule has 2 aromatic heterocycles. The van der Waals surface area contributed by atoms with Crippen LogP contribution in [0.25, 0.3) is 11.6 Å². The fraction of sp³-hybridized carbons (Fsp3) is 0.455. The average Bonchev–Trinajstić information content (AvgIpc) is 2.97. The molecule has 1 unspecified atom stereocenters. The third-order valence-corrected chi connectivity index (χ3v) is 3.32. The van der Waals surface area contributed by atoms with E-state index in [2.05, 4.69) is 15.5 Å². The zero-order valence-corrected chi connectivity index (χ0v) is 11.3. The van der Waals surface area contributed by atoms with Crippen LogP contribution in [0.5, 0.6) is 0 Å². The van der Waals surface area contributed by atoms with Crippen LogP contribution in [0.15, 0.2) is 16.5 Å². The first-order chi connectivity index (χ1) is 8.96. The third kappa shape index (κ3) is 2.60. The van der Waals surface area contributed by atoms with E-state index in [4.69, 9.17) is 16.0 Å². The molecule has 102 valence electrons. The minimum Gasteiger partial charge on any atom is -0.481 e. The van der Waals surface area contributed by atoms with E-state index in [9.17, 15) is 9.90 Å². The van der Waals surface area contributed by atoms with Gasteiger partial charge in [0.05, 0.1) is 12.0 Å². The smallest absolute Gasteiger partial charge is 0.311 e. The molecule has 0 aliphatic rings. The zero-order valence-electron chi connectivity index (χ0n) is 10.5. The summed E-state index contributed by atoms with van der Waals surface area (Å²) in [7, 11) is 0. The number of halogens is 1. The third-order valence-electron chi connectivity index (χ3n) is 3.12. The summed E-state index contributed by atoms with van der Waals surface area (Å²) in [6.45, 7) is 3.61. The fourth-order valence-corrected chi connectivity index (χ4v) is 1.73. The number of nitrogens with zero attached hydrogens (tertiary/aromatic N) is 4. The van der Waals surface area contributed by atoms with E-state index in [1.54, 1.807) is 19.1 Å². The number of tetrazole rings is 1. The van der Waals surface area contributed by atoms with E-state index in [1.165, 1.54) is 4.68 Å². The number of rotatable bonds is 5. The summed E-state index contributed by atoms with van der Waals surface area (Å²) < 4.78 is 6.64. The summed E-state index contributed by atoms with van der Waals surface area (Å²) in [4.78, 5) is 11.3. The van der Waals surface area contributed by atoms with E-state index >= 15 is 0 Å². The van der Waals surface area contributed by atoms with Gasteiger partial charge in [-0.1, -0.05) is 6.92 Å². The summed E-state index contributed by atoms with van der Waals surface area (Å²) in [6, 6.07) is 3.21. The Kier molecular flexibility index (Phi) is 3.57. The second-order valence-corrected chi connectivity index (χ2v) is 4.86. The predicted molar refractivity (Wildman–Crippen MR) is 66.6 cm³/mol. The van der Waals surface area contributed by atoms with E-state index < -0.39 is 11.4 Å². The Labute approximate surface area is 114 Å². The lowest BCUT2D eigenvalue weighted by atomic mass is 9.88. The Hall–Kier alpha value is -1.89. The van der Waals surface area contributed by atoms with Gasteiger partial charge in [0.1, 0.15) is 0 Å². The van der Waals surface area contributed by atoms with Gasteiger partial charge in [-0.25, -0.2) is 4.68 Å². The maximum absolute atomic E-state index is 11.3. The van der Waals surface area contributed by atoms with Crippen LogP contribution in [0.4, 0.5) is 0 Å². The first kappa shape index (κ1) is 13.5. The van der Waals surface area contributed by atoms with Gasteiger partial charge >= 0.3 is 5.97 Å². The minimum atomic E-state index is -0.944. The Morgan fingerprint density at radius 1 is 1.58 bits per heavy atom. The van der Waals surface area contributed by atoms with Crippen molar-refractivity contribution in [1.29, 1.82) is 0 Å². The van der Waals surface area contributed by atoms with E-state index in [0.29, 0.717) is 18.0 Å². The zero-order chi connectivity index (χ0) is 14.0. The number of hydrogen-bond acceptors (Lipinski definition) is 5. The minimum absolute atomic E-state index is 0.152. The molecule has 0 aromatic carbocycles. The van der Waals surface area contributed by atoms with Gasteiger partial charge in [-0.05, 0) is 47.5 Å². The van der Waals surface area contributed by atoms with Crippen LogP contribution in [-0.2, 0) is 11.3 Å². The quantitative estimate of drug-likeness (QED) is 0.903. The maximum atomic E-state index is 11.3. The molecule has 0 bridgehead atoms. The highest BCUT2D eigenvalue weighted by Gasteiger charge is 2.33. The molecule has 0 saturated heterocycles. The SMILES string of the molecule is CCC(C)(Cn1nnnc1-c1ccc(Cl)o1)C(=O)O. The van der Waals surface area contributed by atoms with Crippen molar-refractivity contribution in [2.75, 3.05) is 0 Å². The first-order valence-electron chi connectivity index (χ1n) is 5.71. The lowest BCUT2D eigenvalue weighted by molar-refractivity contribution is -0.149. The fourth-order valence-electron chi connectivity index (χ4n) is 1.58. The second-order valence-electron chi connectivity index (χ2n) is 4.48. The van der Waals surface area contributed by atoms with Crippen LogP contribution in [0.1, 0.15) is 20.3 Å². The highest BCUT2D eigenvalue weighted by atomic mass is 35.5. The van der Waals surface area contributed by atoms with Gasteiger partial charge in [0.25, 0.3) is 0 Å². The van der Waals surface area contributed by atoms with Gasteiger partial charge < -0.3 is 9.52 Å². The number of hydrogen-bond donors (Lipinski definition) is 1. The van der Waals surface area contributed by atoms with Gasteiger partial charge in [-0.15, -0.1) is 5.10 Å². The topological polar surface area (TPSA) is 94.0 Å². The molecule has 8 heteroatoms. The van der Waals surface area contributed by atoms with Crippen LogP contribution in [0.2, 0.25) is 5.22 Å². The van der Waals surface area contributed by atoms with Crippen LogP contribution in [0.3, 0.4) is 0 Å². The Morgan fingerprint density at radius 2 is 2.32 bits per heavy atom. The van der Waals surface area contributed by atoms with Crippen molar-refractivity contribution in [2.24, 2.45) is 5.41 Å². The van der Waals surface area contributed by atoms with Crippen molar-refractivity contribution >= 4 is 17.6 Å². The van der Waals surface area contributed by atoms with Crippen LogP contribution < -0.4 is 0 Å². The second kappa shape index (κ2) is 5.00. The number of carboxylic acid groups (broad SMARTS) is 1. The summed E-state index contributed by atoms with van der Waals surface area (Å²) in [5.74, 6) is -0.138. The van der Waals surface area contributed by atoms with Crippen molar-refractivity contribution in [3.63, 3.8) is 0 Å². The molecular formula is C11H13ClN4O3. The van der Waals surface area contributed by atoms with Gasteiger partial charge in [0.2, 0.25) is 5.82 Å². The van der Waals surface area contributed by atoms with Crippen LogP contribution in [-0.4, -0.2) is 31.3 Å². The normalized spacial score (nSPS) is 14.3. The average molecular weight is 285 g/mol. The van der Waals surface area contributed by atoms with E-state index in [-0.39, 0.29) is 11.8 Å². The van der Waals surface area contributed by atoms with Gasteiger partial charge in [0.15, 0.2) is 11.0 Å².